The van der Waals surface area contributed by atoms with Gasteiger partial charge in [0.1, 0.15) is 0 Å². The Hall–Kier alpha value is -2.60. The number of allylic oxidation sites excluding steroid dienone is 2. The van der Waals surface area contributed by atoms with Crippen LogP contribution in [0.25, 0.3) is 21.9 Å². The van der Waals surface area contributed by atoms with Gasteiger partial charge in [-0.2, -0.15) is 0 Å². The van der Waals surface area contributed by atoms with Crippen LogP contribution in [0.3, 0.4) is 0 Å². The van der Waals surface area contributed by atoms with E-state index in [9.17, 15) is 0 Å². The maximum absolute atomic E-state index is 4.32. The fourth-order valence-electron chi connectivity index (χ4n) is 4.35. The second-order valence-corrected chi connectivity index (χ2v) is 7.29. The summed E-state index contributed by atoms with van der Waals surface area (Å²) in [6.45, 7) is 12.8. The van der Waals surface area contributed by atoms with Crippen LogP contribution in [0.4, 0.5) is 0 Å². The lowest BCUT2D eigenvalue weighted by atomic mass is 9.70. The minimum atomic E-state index is -0.00795. The van der Waals surface area contributed by atoms with Gasteiger partial charge in [-0.3, -0.25) is 0 Å². The van der Waals surface area contributed by atoms with Gasteiger partial charge in [-0.05, 0) is 64.9 Å². The van der Waals surface area contributed by atoms with E-state index in [0.29, 0.717) is 0 Å². The van der Waals surface area contributed by atoms with E-state index in [-0.39, 0.29) is 5.41 Å². The van der Waals surface area contributed by atoms with Crippen molar-refractivity contribution in [2.24, 2.45) is 0 Å². The summed E-state index contributed by atoms with van der Waals surface area (Å²) in [6.07, 6.45) is 1.99. The molecular weight excluding hydrogens is 300 g/mol. The van der Waals surface area contributed by atoms with Gasteiger partial charge in [0.15, 0.2) is 0 Å². The molecule has 3 aromatic carbocycles. The zero-order valence-electron chi connectivity index (χ0n) is 15.1. The van der Waals surface area contributed by atoms with Crippen LogP contribution < -0.4 is 0 Å². The summed E-state index contributed by atoms with van der Waals surface area (Å²) in [4.78, 5) is 0. The van der Waals surface area contributed by atoms with Crippen LogP contribution in [-0.4, -0.2) is 0 Å². The van der Waals surface area contributed by atoms with Crippen LogP contribution in [0.1, 0.15) is 37.8 Å². The summed E-state index contributed by atoms with van der Waals surface area (Å²) in [5, 5.41) is 2.62. The Kier molecular flexibility index (Phi) is 3.65. The summed E-state index contributed by atoms with van der Waals surface area (Å²) >= 11 is 0. The average Bonchev–Trinajstić information content (AvgIpc) is 2.90. The fourth-order valence-corrected chi connectivity index (χ4v) is 4.35. The van der Waals surface area contributed by atoms with Gasteiger partial charge in [-0.1, -0.05) is 79.8 Å². The van der Waals surface area contributed by atoms with Crippen LogP contribution in [0.15, 0.2) is 85.0 Å². The molecule has 3 aromatic rings. The third kappa shape index (κ3) is 2.28. The van der Waals surface area contributed by atoms with Gasteiger partial charge < -0.3 is 0 Å². The molecule has 0 aromatic heterocycles. The summed E-state index contributed by atoms with van der Waals surface area (Å²) in [7, 11) is 0. The topological polar surface area (TPSA) is 0 Å². The Morgan fingerprint density at radius 1 is 0.840 bits per heavy atom. The van der Waals surface area contributed by atoms with Crippen LogP contribution in [-0.2, 0) is 5.41 Å². The first kappa shape index (κ1) is 15.9. The number of benzene rings is 3. The van der Waals surface area contributed by atoms with Gasteiger partial charge in [0.25, 0.3) is 0 Å². The molecular formula is C25H24. The van der Waals surface area contributed by atoms with Gasteiger partial charge in [-0.15, -0.1) is 0 Å². The molecule has 0 saturated heterocycles. The zero-order valence-corrected chi connectivity index (χ0v) is 15.1. The van der Waals surface area contributed by atoms with E-state index in [0.717, 1.165) is 24.0 Å². The maximum atomic E-state index is 4.32. The smallest absolute Gasteiger partial charge is 0.0252 e. The quantitative estimate of drug-likeness (QED) is 0.451. The van der Waals surface area contributed by atoms with E-state index in [1.807, 2.05) is 0 Å². The predicted molar refractivity (Wildman–Crippen MR) is 109 cm³/mol. The molecule has 0 heteroatoms. The number of hydrogen-bond donors (Lipinski definition) is 0. The van der Waals surface area contributed by atoms with E-state index in [4.69, 9.17) is 0 Å². The van der Waals surface area contributed by atoms with Crippen molar-refractivity contribution in [1.82, 2.24) is 0 Å². The van der Waals surface area contributed by atoms with E-state index < -0.39 is 0 Å². The SMILES string of the molecule is C=C(C)C(=C)CC1(CC)c2ccccc2-c2cc3ccccc3cc21. The minimum absolute atomic E-state index is 0.00795. The van der Waals surface area contributed by atoms with Crippen molar-refractivity contribution < 1.29 is 0 Å². The first-order valence-corrected chi connectivity index (χ1v) is 9.03. The lowest BCUT2D eigenvalue weighted by molar-refractivity contribution is 0.506. The molecule has 0 saturated carbocycles. The molecule has 0 spiro atoms. The standard InChI is InChI=1S/C25H24/c1-5-25(16-18(4)17(2)3)23-13-9-8-12-21(23)22-14-19-10-6-7-11-20(19)15-24(22)25/h6-15H,2,4-5,16H2,1,3H3. The first-order chi connectivity index (χ1) is 12.1. The van der Waals surface area contributed by atoms with Crippen molar-refractivity contribution in [3.63, 3.8) is 0 Å². The molecule has 1 unspecified atom stereocenters. The monoisotopic (exact) mass is 324 g/mol. The summed E-state index contributed by atoms with van der Waals surface area (Å²) in [5.74, 6) is 0. The van der Waals surface area contributed by atoms with E-state index in [2.05, 4.69) is 87.7 Å². The fraction of sp³-hybridized carbons (Fsp3) is 0.200. The lowest BCUT2D eigenvalue weighted by Crippen LogP contribution is -2.25. The Balaban J connectivity index is 2.04. The lowest BCUT2D eigenvalue weighted by Gasteiger charge is -2.32. The average molecular weight is 324 g/mol. The van der Waals surface area contributed by atoms with Crippen LogP contribution in [0.2, 0.25) is 0 Å². The van der Waals surface area contributed by atoms with Gasteiger partial charge >= 0.3 is 0 Å². The van der Waals surface area contributed by atoms with Gasteiger partial charge in [0.05, 0.1) is 0 Å². The minimum Gasteiger partial charge on any atom is -0.0959 e. The second kappa shape index (κ2) is 5.74. The molecule has 1 aliphatic carbocycles. The molecule has 0 bridgehead atoms. The highest BCUT2D eigenvalue weighted by molar-refractivity contribution is 5.93. The molecule has 0 heterocycles. The summed E-state index contributed by atoms with van der Waals surface area (Å²) in [6, 6.07) is 22.3. The highest BCUT2D eigenvalue weighted by atomic mass is 14.4. The normalized spacial score (nSPS) is 18.0. The Morgan fingerprint density at radius 2 is 1.48 bits per heavy atom. The third-order valence-corrected chi connectivity index (χ3v) is 5.86. The molecule has 0 N–H and O–H groups in total. The molecule has 0 radical (unpaired) electrons. The molecule has 1 atom stereocenters. The first-order valence-electron chi connectivity index (χ1n) is 9.03. The van der Waals surface area contributed by atoms with Gasteiger partial charge in [-0.25, -0.2) is 0 Å². The van der Waals surface area contributed by atoms with Crippen molar-refractivity contribution in [3.05, 3.63) is 96.1 Å². The molecule has 25 heavy (non-hydrogen) atoms. The van der Waals surface area contributed by atoms with Gasteiger partial charge in [0, 0.05) is 5.41 Å². The second-order valence-electron chi connectivity index (χ2n) is 7.29. The molecule has 124 valence electrons. The Labute approximate surface area is 150 Å². The van der Waals surface area contributed by atoms with Crippen molar-refractivity contribution >= 4 is 10.8 Å². The Bertz CT molecular complexity index is 1010. The van der Waals surface area contributed by atoms with Gasteiger partial charge in [0.2, 0.25) is 0 Å². The highest BCUT2D eigenvalue weighted by Gasteiger charge is 2.42. The van der Waals surface area contributed by atoms with Crippen molar-refractivity contribution in [2.45, 2.75) is 32.1 Å². The summed E-state index contributed by atoms with van der Waals surface area (Å²) < 4.78 is 0. The van der Waals surface area contributed by atoms with Crippen molar-refractivity contribution in [2.75, 3.05) is 0 Å². The van der Waals surface area contributed by atoms with E-state index >= 15 is 0 Å². The largest absolute Gasteiger partial charge is 0.0959 e. The van der Waals surface area contributed by atoms with E-state index in [1.54, 1.807) is 0 Å². The highest BCUT2D eigenvalue weighted by Crippen LogP contribution is 2.54. The number of rotatable bonds is 4. The number of hydrogen-bond acceptors (Lipinski definition) is 0. The molecule has 0 fully saturated rings. The predicted octanol–water partition coefficient (Wildman–Crippen LogP) is 7.04. The maximum Gasteiger partial charge on any atom is 0.0252 e. The van der Waals surface area contributed by atoms with Crippen LogP contribution in [0.5, 0.6) is 0 Å². The molecule has 4 rings (SSSR count). The van der Waals surface area contributed by atoms with Crippen LogP contribution >= 0.6 is 0 Å². The van der Waals surface area contributed by atoms with Crippen molar-refractivity contribution in [1.29, 1.82) is 0 Å². The molecule has 0 amide bonds. The molecule has 1 aliphatic rings. The number of fused-ring (bicyclic) bond motifs is 4. The zero-order chi connectivity index (χ0) is 17.6. The molecule has 0 aliphatic heterocycles. The van der Waals surface area contributed by atoms with Crippen LogP contribution in [0, 0.1) is 0 Å². The molecule has 0 nitrogen and oxygen atoms in total. The third-order valence-electron chi connectivity index (χ3n) is 5.86. The van der Waals surface area contributed by atoms with Crippen molar-refractivity contribution in [3.8, 4) is 11.1 Å². The van der Waals surface area contributed by atoms with E-state index in [1.165, 1.54) is 33.0 Å². The summed E-state index contributed by atoms with van der Waals surface area (Å²) in [5.41, 5.74) is 7.86. The Morgan fingerprint density at radius 3 is 2.16 bits per heavy atom.